The number of nitrogens with zero attached hydrogens (tertiary/aromatic N) is 2. The largest absolute Gasteiger partial charge is 0.463 e. The van der Waals surface area contributed by atoms with E-state index in [-0.39, 0.29) is 159 Å². The van der Waals surface area contributed by atoms with Crippen molar-refractivity contribution in [2.45, 2.75) is 317 Å². The maximum Gasteiger partial charge on any atom is 0.307 e. The second kappa shape index (κ2) is 55.4. The van der Waals surface area contributed by atoms with E-state index in [0.29, 0.717) is 38.5 Å². The second-order valence-electron chi connectivity index (χ2n) is 28.5. The molecule has 3 aliphatic rings. The van der Waals surface area contributed by atoms with Gasteiger partial charge in [0.1, 0.15) is 67.8 Å². The van der Waals surface area contributed by atoms with Gasteiger partial charge in [-0.2, -0.15) is 0 Å². The molecule has 40 heteroatoms. The molecule has 0 spiro atoms. The number of unbranched alkanes of at least 4 members (excludes halogenated alkanes) is 5. The van der Waals surface area contributed by atoms with Gasteiger partial charge < -0.3 is 107 Å². The summed E-state index contributed by atoms with van der Waals surface area (Å²) in [5, 5.41) is 10.7. The smallest absolute Gasteiger partial charge is 0.307 e. The summed E-state index contributed by atoms with van der Waals surface area (Å²) in [7, 11) is 0. The van der Waals surface area contributed by atoms with E-state index in [0.717, 1.165) is 62.3 Å². The van der Waals surface area contributed by atoms with Gasteiger partial charge in [-0.05, 0) is 77.0 Å². The first-order valence-corrected chi connectivity index (χ1v) is 40.0. The summed E-state index contributed by atoms with van der Waals surface area (Å²) in [6.45, 7) is 16.2. The Hall–Kier alpha value is -9.38. The molecule has 7 unspecified atom stereocenters. The number of hydrogen-bond acceptors (Lipinski definition) is 34. The van der Waals surface area contributed by atoms with Crippen molar-refractivity contribution in [3.8, 4) is 0 Å². The lowest BCUT2D eigenvalue weighted by Crippen LogP contribution is -2.66. The van der Waals surface area contributed by atoms with Crippen molar-refractivity contribution < 1.29 is 162 Å². The van der Waals surface area contributed by atoms with E-state index < -0.39 is 201 Å². The number of ether oxygens (including phenoxy) is 16. The van der Waals surface area contributed by atoms with Gasteiger partial charge >= 0.3 is 59.7 Å². The molecule has 3 saturated heterocycles. The lowest BCUT2D eigenvalue weighted by molar-refractivity contribution is -0.277. The molecule has 118 heavy (non-hydrogen) atoms. The molecule has 0 aromatic rings. The summed E-state index contributed by atoms with van der Waals surface area (Å²) in [5.74, 6) is -10.7. The molecule has 6 amide bonds. The number of esters is 10. The Labute approximate surface area is 686 Å². The highest BCUT2D eigenvalue weighted by Crippen LogP contribution is 2.32. The zero-order chi connectivity index (χ0) is 88.1. The Kier molecular flexibility index (Phi) is 48.3. The van der Waals surface area contributed by atoms with Gasteiger partial charge in [-0.1, -0.05) is 13.8 Å². The highest BCUT2D eigenvalue weighted by atomic mass is 16.7. The van der Waals surface area contributed by atoms with Crippen molar-refractivity contribution in [2.24, 2.45) is 0 Å². The topological polar surface area (TPSA) is 510 Å². The van der Waals surface area contributed by atoms with E-state index in [9.17, 15) is 86.3 Å². The molecule has 0 aromatic carbocycles. The van der Waals surface area contributed by atoms with Crippen molar-refractivity contribution >= 4 is 107 Å². The second-order valence-corrected chi connectivity index (χ2v) is 28.5. The molecular formula is C78H122N6O34. The van der Waals surface area contributed by atoms with E-state index in [4.69, 9.17) is 75.8 Å². The minimum atomic E-state index is -1.37. The van der Waals surface area contributed by atoms with Crippen LogP contribution in [0, 0.1) is 0 Å². The summed E-state index contributed by atoms with van der Waals surface area (Å²) in [4.78, 5) is 230. The van der Waals surface area contributed by atoms with Crippen molar-refractivity contribution in [1.82, 2.24) is 31.1 Å². The third-order valence-corrected chi connectivity index (χ3v) is 18.2. The van der Waals surface area contributed by atoms with Crippen LogP contribution in [0.15, 0.2) is 0 Å². The van der Waals surface area contributed by atoms with Crippen LogP contribution in [-0.2, 0) is 162 Å². The number of rotatable bonds is 54. The van der Waals surface area contributed by atoms with Crippen LogP contribution in [0.4, 0.5) is 0 Å². The Bertz CT molecular complexity index is 3340. The number of hydrogen-bond donors (Lipinski definition) is 4. The third kappa shape index (κ3) is 40.4. The van der Waals surface area contributed by atoms with Crippen molar-refractivity contribution in [1.29, 1.82) is 0 Å². The van der Waals surface area contributed by atoms with Gasteiger partial charge in [0.05, 0.1) is 6.42 Å². The number of carbonyl (C=O) groups is 18. The fraction of sp³-hybridized carbons (Fsp3) is 0.769. The van der Waals surface area contributed by atoms with Gasteiger partial charge in [-0.25, -0.2) is 0 Å². The number of ketones is 2. The first-order valence-electron chi connectivity index (χ1n) is 40.0. The minimum absolute atomic E-state index is 0.0139. The summed E-state index contributed by atoms with van der Waals surface area (Å²) < 4.78 is 90.6. The maximum absolute atomic E-state index is 14.4. The van der Waals surface area contributed by atoms with Gasteiger partial charge in [-0.3, -0.25) is 86.3 Å². The molecule has 0 aromatic heterocycles. The van der Waals surface area contributed by atoms with Crippen molar-refractivity contribution in [3.63, 3.8) is 0 Å². The molecule has 0 aliphatic carbocycles. The van der Waals surface area contributed by atoms with Crippen LogP contribution in [0.5, 0.6) is 0 Å². The molecule has 0 radical (unpaired) electrons. The first-order chi connectivity index (χ1) is 55.8. The SMILES string of the molecule is CCC(=O)CCC(=O)OC(CC)C(=O)N(CCCCN(CCCCC(=O)CCCCO[C@@H]1OC(COC(C)=O)[C@H](OC(C)=O)[C@H](OC(C)=O)C1NC(C)=O)C(=O)CCCCO[C@@H]1OC(COC(C)=O)[C@H](OC(C)=O)[C@H](OC(C)=O)C1NC(C)=O)CCCNC(=O)CCCCO[C@@H]1OC(COC(C)=O)[C@H](OC(C)=O)[C@H](OC(C)=O)C1NC(C)=O. The van der Waals surface area contributed by atoms with Gasteiger partial charge in [0.25, 0.3) is 5.91 Å². The monoisotopic (exact) mass is 1690 g/mol. The van der Waals surface area contributed by atoms with Gasteiger partial charge in [0.2, 0.25) is 29.5 Å². The highest BCUT2D eigenvalue weighted by molar-refractivity contribution is 5.86. The molecule has 0 bridgehead atoms. The number of carbonyl (C=O) groups excluding carboxylic acids is 18. The van der Waals surface area contributed by atoms with E-state index in [1.54, 1.807) is 18.7 Å². The molecule has 3 aliphatic heterocycles. The summed E-state index contributed by atoms with van der Waals surface area (Å²) in [6, 6.07) is -3.63. The zero-order valence-electron chi connectivity index (χ0n) is 70.2. The Morgan fingerprint density at radius 2 is 0.678 bits per heavy atom. The Morgan fingerprint density at radius 3 is 1.03 bits per heavy atom. The average molecular weight is 1690 g/mol. The van der Waals surface area contributed by atoms with Crippen LogP contribution in [0.1, 0.15) is 219 Å². The number of Topliss-reactive ketones (excluding diaryl/α,β-unsaturated/α-hetero) is 2. The van der Waals surface area contributed by atoms with Crippen molar-refractivity contribution in [2.75, 3.05) is 72.4 Å². The lowest BCUT2D eigenvalue weighted by Gasteiger charge is -2.44. The predicted octanol–water partition coefficient (Wildman–Crippen LogP) is 2.28. The molecule has 668 valence electrons. The van der Waals surface area contributed by atoms with Gasteiger partial charge in [-0.15, -0.1) is 0 Å². The Balaban J connectivity index is 1.81. The molecule has 16 atom stereocenters. The maximum atomic E-state index is 14.4. The predicted molar refractivity (Wildman–Crippen MR) is 405 cm³/mol. The first kappa shape index (κ1) is 103. The molecule has 4 N–H and O–H groups in total. The highest BCUT2D eigenvalue weighted by Gasteiger charge is 2.54. The lowest BCUT2D eigenvalue weighted by atomic mass is 9.96. The van der Waals surface area contributed by atoms with E-state index in [1.807, 2.05) is 0 Å². The summed E-state index contributed by atoms with van der Waals surface area (Å²) >= 11 is 0. The van der Waals surface area contributed by atoms with Crippen molar-refractivity contribution in [3.05, 3.63) is 0 Å². The quantitative estimate of drug-likeness (QED) is 0.0385. The normalized spacial score (nSPS) is 22.8. The summed E-state index contributed by atoms with van der Waals surface area (Å²) in [6.07, 6.45) is -13.3. The number of amides is 6. The van der Waals surface area contributed by atoms with Crippen LogP contribution in [0.25, 0.3) is 0 Å². The summed E-state index contributed by atoms with van der Waals surface area (Å²) in [5.41, 5.74) is 0. The standard InChI is InChI=1S/C78H122N6O34/c1-15-57(97)32-33-65(101)115-59(16-2)75(102)84(38-27-34-79-63(99)30-19-25-40-104-77-67(81-46(4)86)73(113-55(13)95)70(110-52(10)92)61(117-77)43-107-49(7)89)37-23-22-36-83(64(100)31-20-26-41-105-78-68(82-47(5)87)74(114-56(14)96)71(111-53(11)93)62(118-78)44-108-50(8)90)35-21-17-28-58(98)29-18-24-39-103-76-66(80-45(3)85)72(112-54(12)94)69(109-51(9)91)60(116-76)42-106-48(6)88/h59-62,66-74,76-78H,15-44H2,1-14H3,(H,79,99)(H,80,85)(H,81,86)(H,82,87)/t59?,60?,61?,62?,66?,67?,68?,69-,70-,71-,72+,73+,74+,76+,77+,78+/m0/s1. The number of nitrogens with one attached hydrogen (secondary N) is 4. The molecule has 40 nitrogen and oxygen atoms in total. The van der Waals surface area contributed by atoms with Crippen LogP contribution in [0.2, 0.25) is 0 Å². The molecule has 3 heterocycles. The molecule has 0 saturated carbocycles. The average Bonchev–Trinajstić information content (AvgIpc) is 0.796. The Morgan fingerprint density at radius 1 is 0.347 bits per heavy atom. The zero-order valence-corrected chi connectivity index (χ0v) is 70.2. The molecular weight excluding hydrogens is 1560 g/mol. The van der Waals surface area contributed by atoms with Crippen LogP contribution in [-0.4, -0.2) is 287 Å². The van der Waals surface area contributed by atoms with Gasteiger partial charge in [0, 0.05) is 174 Å². The van der Waals surface area contributed by atoms with E-state index in [2.05, 4.69) is 21.3 Å². The molecule has 3 rings (SSSR count). The van der Waals surface area contributed by atoms with Crippen LogP contribution < -0.4 is 21.3 Å². The third-order valence-electron chi connectivity index (χ3n) is 18.2. The van der Waals surface area contributed by atoms with Crippen LogP contribution in [0.3, 0.4) is 0 Å². The fourth-order valence-electron chi connectivity index (χ4n) is 13.0. The molecule has 3 fully saturated rings. The van der Waals surface area contributed by atoms with Crippen LogP contribution >= 0.6 is 0 Å². The van der Waals surface area contributed by atoms with E-state index >= 15 is 0 Å². The minimum Gasteiger partial charge on any atom is -0.463 e. The fourth-order valence-corrected chi connectivity index (χ4v) is 13.0. The van der Waals surface area contributed by atoms with Gasteiger partial charge in [0.15, 0.2) is 61.6 Å². The van der Waals surface area contributed by atoms with E-state index in [1.165, 1.54) is 25.7 Å².